The van der Waals surface area contributed by atoms with Crippen LogP contribution in [0.15, 0.2) is 231 Å². The van der Waals surface area contributed by atoms with Gasteiger partial charge in [-0.25, -0.2) is 9.98 Å². The first-order chi connectivity index (χ1) is 34.6. The molecule has 1 aliphatic rings. The van der Waals surface area contributed by atoms with Crippen molar-refractivity contribution in [1.82, 2.24) is 4.57 Å². The number of allylic oxidation sites excluding steroid dienone is 1. The first-order valence-corrected chi connectivity index (χ1v) is 24.1. The van der Waals surface area contributed by atoms with Crippen LogP contribution in [0, 0.1) is 5.92 Å². The Kier molecular flexibility index (Phi) is 8.34. The SMILES string of the molecule is CC1C/C=C(\c2cccc3ccccc23)N=C(c2cccc3oc4ccccc4c23)N=C1c1cc2oc3c4ccccc4ccc3c2cc1-n1c2cc3ccccc3cc2c2cc3ccccc3cc21. The summed E-state index contributed by atoms with van der Waals surface area (Å²) >= 11 is 0. The Morgan fingerprint density at radius 2 is 1.00 bits per heavy atom. The van der Waals surface area contributed by atoms with Crippen LogP contribution in [0.5, 0.6) is 0 Å². The molecular weight excluding hydrogens is 855 g/mol. The maximum absolute atomic E-state index is 7.05. The van der Waals surface area contributed by atoms with Crippen LogP contribution in [-0.2, 0) is 0 Å². The minimum atomic E-state index is -0.0491. The third kappa shape index (κ3) is 5.85. The summed E-state index contributed by atoms with van der Waals surface area (Å²) in [5.74, 6) is 0.575. The van der Waals surface area contributed by atoms with Gasteiger partial charge in [-0.05, 0) is 98.7 Å². The third-order valence-corrected chi connectivity index (χ3v) is 14.8. The van der Waals surface area contributed by atoms with Gasteiger partial charge in [0.15, 0.2) is 5.84 Å². The van der Waals surface area contributed by atoms with Crippen molar-refractivity contribution in [1.29, 1.82) is 0 Å². The van der Waals surface area contributed by atoms with Gasteiger partial charge in [-0.3, -0.25) is 0 Å². The zero-order chi connectivity index (χ0) is 46.0. The van der Waals surface area contributed by atoms with Crippen molar-refractivity contribution in [3.8, 4) is 5.69 Å². The van der Waals surface area contributed by atoms with Crippen molar-refractivity contribution >= 4 is 126 Å². The highest BCUT2D eigenvalue weighted by Gasteiger charge is 2.27. The second kappa shape index (κ2) is 15.0. The van der Waals surface area contributed by atoms with E-state index >= 15 is 0 Å². The van der Waals surface area contributed by atoms with Gasteiger partial charge in [0, 0.05) is 60.3 Å². The summed E-state index contributed by atoms with van der Waals surface area (Å²) in [5.41, 5.74) is 11.4. The zero-order valence-corrected chi connectivity index (χ0v) is 38.1. The van der Waals surface area contributed by atoms with Crippen LogP contribution in [0.3, 0.4) is 0 Å². The van der Waals surface area contributed by atoms with Crippen LogP contribution in [0.2, 0.25) is 0 Å². The van der Waals surface area contributed by atoms with E-state index in [0.717, 1.165) is 105 Å². The number of aromatic nitrogens is 1. The molecule has 0 saturated heterocycles. The van der Waals surface area contributed by atoms with Crippen LogP contribution < -0.4 is 0 Å². The maximum atomic E-state index is 7.05. The lowest BCUT2D eigenvalue weighted by atomic mass is 9.91. The number of hydrogen-bond acceptors (Lipinski definition) is 4. The molecule has 0 saturated carbocycles. The van der Waals surface area contributed by atoms with E-state index in [9.17, 15) is 0 Å². The highest BCUT2D eigenvalue weighted by molar-refractivity contribution is 6.25. The van der Waals surface area contributed by atoms with Crippen molar-refractivity contribution in [3.63, 3.8) is 0 Å². The lowest BCUT2D eigenvalue weighted by Gasteiger charge is -2.22. The van der Waals surface area contributed by atoms with Crippen molar-refractivity contribution < 1.29 is 8.83 Å². The van der Waals surface area contributed by atoms with E-state index in [-0.39, 0.29) is 5.92 Å². The quantitative estimate of drug-likeness (QED) is 0.177. The number of hydrogen-bond donors (Lipinski definition) is 0. The van der Waals surface area contributed by atoms with Crippen LogP contribution in [0.4, 0.5) is 0 Å². The van der Waals surface area contributed by atoms with Gasteiger partial charge in [-0.15, -0.1) is 0 Å². The summed E-state index contributed by atoms with van der Waals surface area (Å²) in [4.78, 5) is 11.6. The van der Waals surface area contributed by atoms with Gasteiger partial charge >= 0.3 is 0 Å². The van der Waals surface area contributed by atoms with E-state index in [1.807, 2.05) is 18.2 Å². The van der Waals surface area contributed by atoms with Gasteiger partial charge in [-0.1, -0.05) is 165 Å². The fourth-order valence-electron chi connectivity index (χ4n) is 11.4. The molecule has 1 unspecified atom stereocenters. The molecule has 4 heterocycles. The molecule has 0 radical (unpaired) electrons. The van der Waals surface area contributed by atoms with Crippen LogP contribution in [0.1, 0.15) is 30.0 Å². The lowest BCUT2D eigenvalue weighted by Crippen LogP contribution is -2.19. The number of para-hydroxylation sites is 1. The van der Waals surface area contributed by atoms with Gasteiger partial charge in [0.25, 0.3) is 0 Å². The fourth-order valence-corrected chi connectivity index (χ4v) is 11.4. The van der Waals surface area contributed by atoms with E-state index in [2.05, 4.69) is 206 Å². The average molecular weight is 896 g/mol. The molecule has 0 aliphatic carbocycles. The predicted octanol–water partition coefficient (Wildman–Crippen LogP) is 17.5. The number of rotatable bonds is 4. The van der Waals surface area contributed by atoms with Gasteiger partial charge in [0.2, 0.25) is 0 Å². The number of furan rings is 2. The number of aliphatic imine (C=N–C) groups is 2. The molecular formula is C65H41N3O2. The second-order valence-corrected chi connectivity index (χ2v) is 18.9. The molecule has 0 spiro atoms. The largest absolute Gasteiger partial charge is 0.456 e. The minimum Gasteiger partial charge on any atom is -0.456 e. The minimum absolute atomic E-state index is 0.0491. The highest BCUT2D eigenvalue weighted by Crippen LogP contribution is 2.43. The molecule has 5 nitrogen and oxygen atoms in total. The summed E-state index contributed by atoms with van der Waals surface area (Å²) in [6.45, 7) is 2.31. The number of amidine groups is 1. The average Bonchev–Trinajstić information content (AvgIpc) is 4.07. The topological polar surface area (TPSA) is 55.9 Å². The van der Waals surface area contributed by atoms with Gasteiger partial charge in [0.1, 0.15) is 22.3 Å². The molecule has 15 rings (SSSR count). The Hall–Kier alpha value is -9.06. The van der Waals surface area contributed by atoms with E-state index in [0.29, 0.717) is 12.3 Å². The summed E-state index contributed by atoms with van der Waals surface area (Å²) in [6, 6.07) is 74.0. The summed E-state index contributed by atoms with van der Waals surface area (Å²) in [5, 5.41) is 15.9. The standard InChI is InChI=1S/C65H41N3O2/c1-38-28-31-55(47-24-12-20-39-14-6-8-21-45(39)47)66-65(50-25-13-27-60-62(50)49-23-10-11-26-59(49)69-60)67-63(38)54-37-61-53(48-30-29-40-15-7-9-22-46(40)64(48)70-61)36-58(54)68-56-34-43-18-4-2-16-41(43)32-51(56)52-33-42-17-3-5-19-44(42)35-57(52)68/h2-27,29-38H,28H2,1H3/b55-31+,66-65?,67-63?. The predicted molar refractivity (Wildman–Crippen MR) is 293 cm³/mol. The third-order valence-electron chi connectivity index (χ3n) is 14.8. The maximum Gasteiger partial charge on any atom is 0.160 e. The first kappa shape index (κ1) is 39.0. The van der Waals surface area contributed by atoms with Crippen molar-refractivity contribution in [3.05, 3.63) is 229 Å². The molecule has 0 amide bonds. The summed E-state index contributed by atoms with van der Waals surface area (Å²) in [6.07, 6.45) is 3.02. The van der Waals surface area contributed by atoms with E-state index in [4.69, 9.17) is 18.8 Å². The van der Waals surface area contributed by atoms with E-state index in [1.54, 1.807) is 0 Å². The Labute approximate surface area is 401 Å². The summed E-state index contributed by atoms with van der Waals surface area (Å²) in [7, 11) is 0. The molecule has 14 aromatic rings. The summed E-state index contributed by atoms with van der Waals surface area (Å²) < 4.78 is 16.1. The van der Waals surface area contributed by atoms with Gasteiger partial charge in [0.05, 0.1) is 28.1 Å². The molecule has 328 valence electrons. The van der Waals surface area contributed by atoms with E-state index in [1.165, 1.54) is 37.7 Å². The molecule has 5 heteroatoms. The Bertz CT molecular complexity index is 4550. The molecule has 11 aromatic carbocycles. The Balaban J connectivity index is 1.08. The molecule has 0 fully saturated rings. The number of fused-ring (bicyclic) bond motifs is 14. The Morgan fingerprint density at radius 3 is 1.74 bits per heavy atom. The zero-order valence-electron chi connectivity index (χ0n) is 38.1. The molecule has 1 aliphatic heterocycles. The monoisotopic (exact) mass is 895 g/mol. The van der Waals surface area contributed by atoms with Crippen LogP contribution in [0.25, 0.3) is 120 Å². The molecule has 3 aromatic heterocycles. The van der Waals surface area contributed by atoms with Crippen molar-refractivity contribution in [2.24, 2.45) is 15.9 Å². The van der Waals surface area contributed by atoms with Gasteiger partial charge in [-0.2, -0.15) is 0 Å². The van der Waals surface area contributed by atoms with Crippen molar-refractivity contribution in [2.75, 3.05) is 0 Å². The Morgan fingerprint density at radius 1 is 0.414 bits per heavy atom. The molecule has 0 N–H and O–H groups in total. The normalized spacial score (nSPS) is 15.4. The first-order valence-electron chi connectivity index (χ1n) is 24.1. The van der Waals surface area contributed by atoms with Crippen molar-refractivity contribution in [2.45, 2.75) is 13.3 Å². The fraction of sp³-hybridized carbons (Fsp3) is 0.0462. The number of benzene rings is 11. The van der Waals surface area contributed by atoms with Gasteiger partial charge < -0.3 is 13.4 Å². The molecule has 1 atom stereocenters. The van der Waals surface area contributed by atoms with E-state index < -0.39 is 0 Å². The van der Waals surface area contributed by atoms with Crippen LogP contribution >= 0.6 is 0 Å². The number of nitrogens with zero attached hydrogens (tertiary/aromatic N) is 3. The highest BCUT2D eigenvalue weighted by atomic mass is 16.3. The second-order valence-electron chi connectivity index (χ2n) is 18.9. The molecule has 0 bridgehead atoms. The lowest BCUT2D eigenvalue weighted by molar-refractivity contribution is 0.669. The van der Waals surface area contributed by atoms with Crippen LogP contribution in [-0.4, -0.2) is 16.1 Å². The molecule has 70 heavy (non-hydrogen) atoms. The smallest absolute Gasteiger partial charge is 0.160 e.